The maximum absolute atomic E-state index is 5.54. The van der Waals surface area contributed by atoms with Gasteiger partial charge in [0.1, 0.15) is 6.33 Å². The molecule has 1 aromatic heterocycles. The molecule has 5 nitrogen and oxygen atoms in total. The van der Waals surface area contributed by atoms with E-state index in [1.165, 1.54) is 12.8 Å². The average molecular weight is 264 g/mol. The van der Waals surface area contributed by atoms with Crippen LogP contribution in [0.4, 0.5) is 11.6 Å². The molecule has 1 N–H and O–H groups in total. The average Bonchev–Trinajstić information content (AvgIpc) is 3.20. The fourth-order valence-corrected chi connectivity index (χ4v) is 2.24. The summed E-state index contributed by atoms with van der Waals surface area (Å²) in [5.74, 6) is 3.06. The van der Waals surface area contributed by atoms with Crippen molar-refractivity contribution in [3.8, 4) is 5.75 Å². The molecule has 0 unspecified atom stereocenters. The molecule has 0 aromatic carbocycles. The third-order valence-electron chi connectivity index (χ3n) is 3.15. The molecule has 5 heteroatoms. The maximum atomic E-state index is 5.54. The second kappa shape index (κ2) is 6.08. The van der Waals surface area contributed by atoms with Crippen LogP contribution in [-0.4, -0.2) is 36.2 Å². The number of hydrogen-bond donors (Lipinski definition) is 1. The summed E-state index contributed by atoms with van der Waals surface area (Å²) in [5.41, 5.74) is 0. The van der Waals surface area contributed by atoms with Crippen LogP contribution in [0.15, 0.2) is 6.33 Å². The van der Waals surface area contributed by atoms with Gasteiger partial charge in [-0.1, -0.05) is 13.8 Å². The number of anilines is 2. The molecule has 1 fully saturated rings. The summed E-state index contributed by atoms with van der Waals surface area (Å²) in [6.07, 6.45) is 4.11. The first-order valence-corrected chi connectivity index (χ1v) is 7.06. The molecule has 2 rings (SSSR count). The van der Waals surface area contributed by atoms with E-state index in [2.05, 4.69) is 34.0 Å². The van der Waals surface area contributed by atoms with Crippen molar-refractivity contribution in [3.63, 3.8) is 0 Å². The molecule has 0 amide bonds. The van der Waals surface area contributed by atoms with Crippen molar-refractivity contribution in [2.75, 3.05) is 30.4 Å². The summed E-state index contributed by atoms with van der Waals surface area (Å²) in [4.78, 5) is 11.1. The predicted octanol–water partition coefficient (Wildman–Crippen LogP) is 2.54. The fourth-order valence-electron chi connectivity index (χ4n) is 2.24. The predicted molar refractivity (Wildman–Crippen MR) is 78.0 cm³/mol. The Balaban J connectivity index is 2.32. The highest BCUT2D eigenvalue weighted by Gasteiger charge is 2.32. The Hall–Kier alpha value is -1.52. The van der Waals surface area contributed by atoms with Crippen LogP contribution < -0.4 is 15.0 Å². The fraction of sp³-hybridized carbons (Fsp3) is 0.714. The van der Waals surface area contributed by atoms with E-state index >= 15 is 0 Å². The molecule has 1 aliphatic rings. The molecule has 19 heavy (non-hydrogen) atoms. The van der Waals surface area contributed by atoms with E-state index in [0.29, 0.717) is 12.0 Å². The largest absolute Gasteiger partial charge is 0.490 e. The highest BCUT2D eigenvalue weighted by atomic mass is 16.5. The van der Waals surface area contributed by atoms with Gasteiger partial charge in [0.15, 0.2) is 11.6 Å². The van der Waals surface area contributed by atoms with E-state index in [-0.39, 0.29) is 0 Å². The van der Waals surface area contributed by atoms with Gasteiger partial charge in [-0.05, 0) is 25.7 Å². The number of nitrogens with zero attached hydrogens (tertiary/aromatic N) is 3. The normalized spacial score (nSPS) is 14.6. The number of methoxy groups -OCH3 is 1. The molecule has 1 saturated carbocycles. The van der Waals surface area contributed by atoms with E-state index in [0.717, 1.165) is 30.5 Å². The Labute approximate surface area is 115 Å². The Kier molecular flexibility index (Phi) is 4.45. The Bertz CT molecular complexity index is 418. The summed E-state index contributed by atoms with van der Waals surface area (Å²) in [7, 11) is 1.68. The van der Waals surface area contributed by atoms with Gasteiger partial charge in [-0.25, -0.2) is 9.97 Å². The first kappa shape index (κ1) is 13.9. The van der Waals surface area contributed by atoms with Crippen LogP contribution in [0, 0.1) is 5.92 Å². The minimum atomic E-state index is 0.600. The van der Waals surface area contributed by atoms with E-state index in [1.807, 2.05) is 6.92 Å². The molecule has 1 heterocycles. The standard InChI is InChI=1S/C14H24N4O/c1-5-15-13-12(19-4)14(17-9-16-13)18(8-10(2)3)11-6-7-11/h9-11H,5-8H2,1-4H3,(H,15,16,17). The highest BCUT2D eigenvalue weighted by Crippen LogP contribution is 2.38. The molecule has 0 saturated heterocycles. The smallest absolute Gasteiger partial charge is 0.204 e. The van der Waals surface area contributed by atoms with Gasteiger partial charge in [0.2, 0.25) is 5.75 Å². The van der Waals surface area contributed by atoms with E-state index in [9.17, 15) is 0 Å². The second-order valence-corrected chi connectivity index (χ2v) is 5.39. The number of nitrogens with one attached hydrogen (secondary N) is 1. The van der Waals surface area contributed by atoms with Crippen LogP contribution in [0.5, 0.6) is 5.75 Å². The first-order valence-electron chi connectivity index (χ1n) is 7.06. The van der Waals surface area contributed by atoms with Crippen molar-refractivity contribution in [3.05, 3.63) is 6.33 Å². The van der Waals surface area contributed by atoms with Crippen molar-refractivity contribution in [2.24, 2.45) is 5.92 Å². The molecule has 0 spiro atoms. The quantitative estimate of drug-likeness (QED) is 0.820. The monoisotopic (exact) mass is 264 g/mol. The Morgan fingerprint density at radius 2 is 2.16 bits per heavy atom. The zero-order chi connectivity index (χ0) is 13.8. The molecule has 1 aromatic rings. The van der Waals surface area contributed by atoms with Crippen molar-refractivity contribution >= 4 is 11.6 Å². The molecular weight excluding hydrogens is 240 g/mol. The maximum Gasteiger partial charge on any atom is 0.204 e. The molecule has 0 radical (unpaired) electrons. The zero-order valence-electron chi connectivity index (χ0n) is 12.3. The third kappa shape index (κ3) is 3.28. The van der Waals surface area contributed by atoms with Crippen molar-refractivity contribution in [2.45, 2.75) is 39.7 Å². The van der Waals surface area contributed by atoms with E-state index in [1.54, 1.807) is 13.4 Å². The lowest BCUT2D eigenvalue weighted by molar-refractivity contribution is 0.410. The lowest BCUT2D eigenvalue weighted by Crippen LogP contribution is -2.31. The Morgan fingerprint density at radius 1 is 1.42 bits per heavy atom. The zero-order valence-corrected chi connectivity index (χ0v) is 12.3. The number of hydrogen-bond acceptors (Lipinski definition) is 5. The summed E-state index contributed by atoms with van der Waals surface area (Å²) in [6.45, 7) is 8.33. The summed E-state index contributed by atoms with van der Waals surface area (Å²) >= 11 is 0. The molecule has 0 atom stereocenters. The summed E-state index contributed by atoms with van der Waals surface area (Å²) in [5, 5.41) is 3.23. The molecule has 1 aliphatic carbocycles. The topological polar surface area (TPSA) is 50.3 Å². The van der Waals surface area contributed by atoms with E-state index in [4.69, 9.17) is 4.74 Å². The van der Waals surface area contributed by atoms with Gasteiger partial charge in [0.25, 0.3) is 0 Å². The lowest BCUT2D eigenvalue weighted by atomic mass is 10.2. The lowest BCUT2D eigenvalue weighted by Gasteiger charge is -2.27. The van der Waals surface area contributed by atoms with Crippen LogP contribution in [0.3, 0.4) is 0 Å². The van der Waals surface area contributed by atoms with Gasteiger partial charge in [0.05, 0.1) is 7.11 Å². The van der Waals surface area contributed by atoms with Gasteiger partial charge in [-0.15, -0.1) is 0 Å². The van der Waals surface area contributed by atoms with Crippen LogP contribution in [-0.2, 0) is 0 Å². The van der Waals surface area contributed by atoms with Crippen molar-refractivity contribution < 1.29 is 4.74 Å². The molecule has 0 aliphatic heterocycles. The Morgan fingerprint density at radius 3 is 2.68 bits per heavy atom. The highest BCUT2D eigenvalue weighted by molar-refractivity contribution is 5.65. The minimum absolute atomic E-state index is 0.600. The van der Waals surface area contributed by atoms with Crippen LogP contribution in [0.1, 0.15) is 33.6 Å². The van der Waals surface area contributed by atoms with Gasteiger partial charge in [-0.2, -0.15) is 0 Å². The molecule has 106 valence electrons. The second-order valence-electron chi connectivity index (χ2n) is 5.39. The minimum Gasteiger partial charge on any atom is -0.490 e. The third-order valence-corrected chi connectivity index (χ3v) is 3.15. The van der Waals surface area contributed by atoms with E-state index < -0.39 is 0 Å². The first-order chi connectivity index (χ1) is 9.17. The van der Waals surface area contributed by atoms with Crippen LogP contribution >= 0.6 is 0 Å². The number of rotatable bonds is 7. The van der Waals surface area contributed by atoms with Gasteiger partial charge >= 0.3 is 0 Å². The van der Waals surface area contributed by atoms with Crippen molar-refractivity contribution in [1.82, 2.24) is 9.97 Å². The van der Waals surface area contributed by atoms with Crippen molar-refractivity contribution in [1.29, 1.82) is 0 Å². The number of ether oxygens (including phenoxy) is 1. The van der Waals surface area contributed by atoms with Gasteiger partial charge in [0, 0.05) is 19.1 Å². The van der Waals surface area contributed by atoms with Crippen LogP contribution in [0.2, 0.25) is 0 Å². The summed E-state index contributed by atoms with van der Waals surface area (Å²) < 4.78 is 5.54. The van der Waals surface area contributed by atoms with Gasteiger partial charge in [-0.3, -0.25) is 0 Å². The van der Waals surface area contributed by atoms with Crippen LogP contribution in [0.25, 0.3) is 0 Å². The number of aromatic nitrogens is 2. The summed E-state index contributed by atoms with van der Waals surface area (Å²) in [6, 6.07) is 0.612. The SMILES string of the molecule is CCNc1ncnc(N(CC(C)C)C2CC2)c1OC. The molecule has 0 bridgehead atoms. The molecular formula is C14H24N4O. The van der Waals surface area contributed by atoms with Gasteiger partial charge < -0.3 is 15.0 Å².